The van der Waals surface area contributed by atoms with E-state index in [0.717, 1.165) is 49.5 Å². The molecule has 1 aromatic rings. The molecule has 0 aliphatic carbocycles. The molecule has 146 valence electrons. The fourth-order valence-electron chi connectivity index (χ4n) is 3.71. The molecule has 1 aliphatic heterocycles. The highest BCUT2D eigenvalue weighted by molar-refractivity contribution is 7.80. The van der Waals surface area contributed by atoms with Crippen molar-refractivity contribution < 1.29 is 4.79 Å². The standard InChI is InChI=1S/C21H35N3OS/c1-5-6-9-19-14-24(12-11-23(19)13-18(15-26)22-4)21(25)20-10-7-8-16(2)17(20)3/h7-8,10,18-19,22,26H,5-6,9,11-15H2,1-4H3. The van der Waals surface area contributed by atoms with Crippen molar-refractivity contribution in [2.75, 3.05) is 39.0 Å². The van der Waals surface area contributed by atoms with Crippen molar-refractivity contribution in [1.29, 1.82) is 0 Å². The Morgan fingerprint density at radius 1 is 1.35 bits per heavy atom. The van der Waals surface area contributed by atoms with Gasteiger partial charge in [-0.25, -0.2) is 0 Å². The monoisotopic (exact) mass is 377 g/mol. The Morgan fingerprint density at radius 3 is 2.77 bits per heavy atom. The molecule has 2 rings (SSSR count). The second-order valence-electron chi connectivity index (χ2n) is 7.46. The van der Waals surface area contributed by atoms with Crippen LogP contribution in [0.25, 0.3) is 0 Å². The Bertz CT molecular complexity index is 589. The second-order valence-corrected chi connectivity index (χ2v) is 7.82. The van der Waals surface area contributed by atoms with Crippen LogP contribution in [0.3, 0.4) is 0 Å². The van der Waals surface area contributed by atoms with E-state index >= 15 is 0 Å². The van der Waals surface area contributed by atoms with Gasteiger partial charge in [-0.05, 0) is 44.5 Å². The van der Waals surface area contributed by atoms with Crippen LogP contribution in [0.5, 0.6) is 0 Å². The van der Waals surface area contributed by atoms with Crippen LogP contribution in [0, 0.1) is 13.8 Å². The normalized spacial score (nSPS) is 19.6. The van der Waals surface area contributed by atoms with E-state index in [-0.39, 0.29) is 5.91 Å². The zero-order chi connectivity index (χ0) is 19.1. The molecule has 1 fully saturated rings. The van der Waals surface area contributed by atoms with E-state index in [1.165, 1.54) is 18.4 Å². The molecule has 5 heteroatoms. The van der Waals surface area contributed by atoms with Crippen LogP contribution < -0.4 is 5.32 Å². The molecular weight excluding hydrogens is 342 g/mol. The minimum atomic E-state index is 0.187. The molecule has 26 heavy (non-hydrogen) atoms. The number of aryl methyl sites for hydroxylation is 1. The molecule has 0 radical (unpaired) electrons. The summed E-state index contributed by atoms with van der Waals surface area (Å²) in [7, 11) is 2.00. The van der Waals surface area contributed by atoms with Crippen LogP contribution >= 0.6 is 12.6 Å². The predicted octanol–water partition coefficient (Wildman–Crippen LogP) is 3.14. The number of unbranched alkanes of at least 4 members (excludes halogenated alkanes) is 1. The first kappa shape index (κ1) is 21.3. The van der Waals surface area contributed by atoms with Gasteiger partial charge in [-0.15, -0.1) is 0 Å². The van der Waals surface area contributed by atoms with Gasteiger partial charge in [0.25, 0.3) is 5.91 Å². The number of piperazine rings is 1. The van der Waals surface area contributed by atoms with Gasteiger partial charge in [0.05, 0.1) is 0 Å². The van der Waals surface area contributed by atoms with Gasteiger partial charge in [0.15, 0.2) is 0 Å². The second kappa shape index (κ2) is 10.3. The van der Waals surface area contributed by atoms with Crippen LogP contribution in [0.15, 0.2) is 18.2 Å². The minimum Gasteiger partial charge on any atom is -0.336 e. The number of nitrogens with zero attached hydrogens (tertiary/aromatic N) is 2. The fourth-order valence-corrected chi connectivity index (χ4v) is 4.01. The summed E-state index contributed by atoms with van der Waals surface area (Å²) in [6.45, 7) is 9.93. The third kappa shape index (κ3) is 5.24. The first-order chi connectivity index (χ1) is 12.5. The minimum absolute atomic E-state index is 0.187. The zero-order valence-electron chi connectivity index (χ0n) is 16.8. The topological polar surface area (TPSA) is 35.6 Å². The molecule has 1 aromatic carbocycles. The summed E-state index contributed by atoms with van der Waals surface area (Å²) in [6, 6.07) is 6.86. The maximum Gasteiger partial charge on any atom is 0.254 e. The summed E-state index contributed by atoms with van der Waals surface area (Å²) in [5.74, 6) is 1.02. The maximum absolute atomic E-state index is 13.1. The van der Waals surface area contributed by atoms with Gasteiger partial charge in [-0.3, -0.25) is 9.69 Å². The highest BCUT2D eigenvalue weighted by Gasteiger charge is 2.31. The first-order valence-corrected chi connectivity index (χ1v) is 10.5. The number of carbonyl (C=O) groups excluding carboxylic acids is 1. The van der Waals surface area contributed by atoms with E-state index in [9.17, 15) is 4.79 Å². The molecule has 0 spiro atoms. The van der Waals surface area contributed by atoms with Gasteiger partial charge in [0, 0.05) is 49.6 Å². The van der Waals surface area contributed by atoms with Crippen LogP contribution in [0.2, 0.25) is 0 Å². The van der Waals surface area contributed by atoms with Crippen molar-refractivity contribution in [3.8, 4) is 0 Å². The molecule has 1 amide bonds. The average molecular weight is 378 g/mol. The van der Waals surface area contributed by atoms with E-state index < -0.39 is 0 Å². The third-order valence-corrected chi connectivity index (χ3v) is 6.14. The summed E-state index contributed by atoms with van der Waals surface area (Å²) >= 11 is 4.46. The largest absolute Gasteiger partial charge is 0.336 e. The Hall–Kier alpha value is -1.04. The Balaban J connectivity index is 2.10. The smallest absolute Gasteiger partial charge is 0.254 e. The lowest BCUT2D eigenvalue weighted by molar-refractivity contribution is 0.0438. The van der Waals surface area contributed by atoms with Crippen molar-refractivity contribution >= 4 is 18.5 Å². The molecular formula is C21H35N3OS. The molecule has 1 saturated heterocycles. The van der Waals surface area contributed by atoms with E-state index in [0.29, 0.717) is 12.1 Å². The summed E-state index contributed by atoms with van der Waals surface area (Å²) < 4.78 is 0. The number of hydrogen-bond acceptors (Lipinski definition) is 4. The lowest BCUT2D eigenvalue weighted by atomic mass is 10.00. The lowest BCUT2D eigenvalue weighted by Crippen LogP contribution is -2.57. The molecule has 1 heterocycles. The molecule has 0 bridgehead atoms. The van der Waals surface area contributed by atoms with Gasteiger partial charge >= 0.3 is 0 Å². The van der Waals surface area contributed by atoms with E-state index in [4.69, 9.17) is 0 Å². The number of hydrogen-bond donors (Lipinski definition) is 2. The van der Waals surface area contributed by atoms with Gasteiger partial charge in [-0.2, -0.15) is 12.6 Å². The van der Waals surface area contributed by atoms with Crippen molar-refractivity contribution in [3.05, 3.63) is 34.9 Å². The highest BCUT2D eigenvalue weighted by Crippen LogP contribution is 2.20. The van der Waals surface area contributed by atoms with E-state index in [2.05, 4.69) is 54.6 Å². The van der Waals surface area contributed by atoms with E-state index in [1.807, 2.05) is 19.2 Å². The number of rotatable bonds is 8. The number of thiol groups is 1. The number of amides is 1. The summed E-state index contributed by atoms with van der Waals surface area (Å²) in [4.78, 5) is 17.7. The molecule has 4 nitrogen and oxygen atoms in total. The molecule has 1 N–H and O–H groups in total. The zero-order valence-corrected chi connectivity index (χ0v) is 17.7. The van der Waals surface area contributed by atoms with Crippen molar-refractivity contribution in [1.82, 2.24) is 15.1 Å². The van der Waals surface area contributed by atoms with E-state index in [1.54, 1.807) is 0 Å². The number of benzene rings is 1. The summed E-state index contributed by atoms with van der Waals surface area (Å²) in [5, 5.41) is 3.35. The molecule has 2 atom stereocenters. The van der Waals surface area contributed by atoms with Gasteiger partial charge in [0.1, 0.15) is 0 Å². The van der Waals surface area contributed by atoms with Crippen LogP contribution in [-0.4, -0.2) is 66.8 Å². The van der Waals surface area contributed by atoms with Crippen molar-refractivity contribution in [2.24, 2.45) is 0 Å². The predicted molar refractivity (Wildman–Crippen MR) is 113 cm³/mol. The third-order valence-electron chi connectivity index (χ3n) is 5.70. The molecule has 0 aromatic heterocycles. The number of carbonyl (C=O) groups is 1. The molecule has 1 aliphatic rings. The average Bonchev–Trinajstić information content (AvgIpc) is 2.66. The first-order valence-electron chi connectivity index (χ1n) is 9.89. The van der Waals surface area contributed by atoms with Gasteiger partial charge in [0.2, 0.25) is 0 Å². The quantitative estimate of drug-likeness (QED) is 0.683. The Kier molecular flexibility index (Phi) is 8.45. The molecule has 0 saturated carbocycles. The Labute approximate surface area is 164 Å². The van der Waals surface area contributed by atoms with Gasteiger partial charge in [-0.1, -0.05) is 31.9 Å². The van der Waals surface area contributed by atoms with Crippen molar-refractivity contribution in [3.63, 3.8) is 0 Å². The number of likely N-dealkylation sites (N-methyl/N-ethyl adjacent to an activating group) is 1. The lowest BCUT2D eigenvalue weighted by Gasteiger charge is -2.43. The summed E-state index contributed by atoms with van der Waals surface area (Å²) in [5.41, 5.74) is 3.15. The van der Waals surface area contributed by atoms with Gasteiger partial charge < -0.3 is 10.2 Å². The maximum atomic E-state index is 13.1. The van der Waals surface area contributed by atoms with Crippen LogP contribution in [-0.2, 0) is 0 Å². The molecule has 2 unspecified atom stereocenters. The SMILES string of the molecule is CCCCC1CN(C(=O)c2cccc(C)c2C)CCN1CC(CS)NC. The van der Waals surface area contributed by atoms with Crippen molar-refractivity contribution in [2.45, 2.75) is 52.1 Å². The summed E-state index contributed by atoms with van der Waals surface area (Å²) in [6.07, 6.45) is 3.55. The highest BCUT2D eigenvalue weighted by atomic mass is 32.1. The van der Waals surface area contributed by atoms with Crippen LogP contribution in [0.1, 0.15) is 47.7 Å². The fraction of sp³-hybridized carbons (Fsp3) is 0.667. The Morgan fingerprint density at radius 2 is 2.12 bits per heavy atom. The van der Waals surface area contributed by atoms with Crippen LogP contribution in [0.4, 0.5) is 0 Å². The number of nitrogens with one attached hydrogen (secondary N) is 1.